The highest BCUT2D eigenvalue weighted by Gasteiger charge is 2.17. The summed E-state index contributed by atoms with van der Waals surface area (Å²) in [6.07, 6.45) is 1.25. The molecule has 1 heterocycles. The van der Waals surface area contributed by atoms with Crippen molar-refractivity contribution in [2.24, 2.45) is 0 Å². The van der Waals surface area contributed by atoms with Crippen molar-refractivity contribution in [3.05, 3.63) is 30.1 Å². The maximum Gasteiger partial charge on any atom is 0.224 e. The Labute approximate surface area is 121 Å². The third-order valence-corrected chi connectivity index (χ3v) is 4.14. The summed E-state index contributed by atoms with van der Waals surface area (Å²) in [7, 11) is 0. The first-order valence-electron chi connectivity index (χ1n) is 6.56. The van der Waals surface area contributed by atoms with Crippen LogP contribution < -0.4 is 10.6 Å². The van der Waals surface area contributed by atoms with E-state index in [1.54, 1.807) is 6.07 Å². The van der Waals surface area contributed by atoms with Gasteiger partial charge in [-0.2, -0.15) is 11.8 Å². The van der Waals surface area contributed by atoms with Gasteiger partial charge in [0.25, 0.3) is 0 Å². The third kappa shape index (κ3) is 4.85. The average Bonchev–Trinajstić information content (AvgIpc) is 2.89. The molecule has 0 saturated carbocycles. The molecule has 1 atom stereocenters. The van der Waals surface area contributed by atoms with Crippen molar-refractivity contribution in [3.63, 3.8) is 0 Å². The number of amides is 2. The van der Waals surface area contributed by atoms with Crippen LogP contribution in [0, 0.1) is 5.82 Å². The highest BCUT2D eigenvalue weighted by molar-refractivity contribution is 7.99. The second kappa shape index (κ2) is 7.28. The number of hydrogen-bond acceptors (Lipinski definition) is 3. The normalized spacial score (nSPS) is 17.8. The molecule has 2 amide bonds. The zero-order chi connectivity index (χ0) is 14.4. The minimum atomic E-state index is -0.403. The van der Waals surface area contributed by atoms with E-state index in [1.807, 2.05) is 11.8 Å². The van der Waals surface area contributed by atoms with E-state index in [0.717, 1.165) is 17.9 Å². The van der Waals surface area contributed by atoms with Crippen LogP contribution in [0.4, 0.5) is 10.1 Å². The molecule has 1 aromatic carbocycles. The van der Waals surface area contributed by atoms with Crippen LogP contribution in [-0.2, 0) is 9.59 Å². The number of anilines is 1. The second-order valence-corrected chi connectivity index (χ2v) is 5.84. The van der Waals surface area contributed by atoms with Crippen LogP contribution in [0.2, 0.25) is 0 Å². The topological polar surface area (TPSA) is 58.2 Å². The molecule has 2 N–H and O–H groups in total. The van der Waals surface area contributed by atoms with Gasteiger partial charge in [0, 0.05) is 30.3 Å². The van der Waals surface area contributed by atoms with Crippen molar-refractivity contribution in [1.82, 2.24) is 5.32 Å². The van der Waals surface area contributed by atoms with Gasteiger partial charge in [-0.1, -0.05) is 6.07 Å². The molecule has 108 valence electrons. The van der Waals surface area contributed by atoms with Crippen LogP contribution in [0.25, 0.3) is 0 Å². The Hall–Kier alpha value is -1.56. The molecule has 1 aliphatic rings. The van der Waals surface area contributed by atoms with Crippen molar-refractivity contribution in [2.75, 3.05) is 16.8 Å². The SMILES string of the molecule is O=C(CCC(=O)N[C@@H]1CCSC1)Nc1cccc(F)c1. The lowest BCUT2D eigenvalue weighted by molar-refractivity contribution is -0.124. The molecule has 0 aliphatic carbocycles. The van der Waals surface area contributed by atoms with E-state index in [2.05, 4.69) is 10.6 Å². The Kier molecular flexibility index (Phi) is 5.40. The van der Waals surface area contributed by atoms with E-state index >= 15 is 0 Å². The molecule has 0 aromatic heterocycles. The number of carbonyl (C=O) groups is 2. The molecule has 0 unspecified atom stereocenters. The van der Waals surface area contributed by atoms with Gasteiger partial charge < -0.3 is 10.6 Å². The molecule has 0 spiro atoms. The Balaban J connectivity index is 1.70. The maximum absolute atomic E-state index is 12.9. The van der Waals surface area contributed by atoms with Crippen LogP contribution in [0.15, 0.2) is 24.3 Å². The number of nitrogens with one attached hydrogen (secondary N) is 2. The number of hydrogen-bond donors (Lipinski definition) is 2. The largest absolute Gasteiger partial charge is 0.353 e. The minimum absolute atomic E-state index is 0.0994. The van der Waals surface area contributed by atoms with Crippen molar-refractivity contribution < 1.29 is 14.0 Å². The summed E-state index contributed by atoms with van der Waals surface area (Å²) < 4.78 is 12.9. The monoisotopic (exact) mass is 296 g/mol. The van der Waals surface area contributed by atoms with E-state index in [0.29, 0.717) is 5.69 Å². The number of benzene rings is 1. The summed E-state index contributed by atoms with van der Waals surface area (Å²) in [4.78, 5) is 23.3. The fourth-order valence-electron chi connectivity index (χ4n) is 1.96. The molecule has 1 saturated heterocycles. The van der Waals surface area contributed by atoms with Gasteiger partial charge in [0.2, 0.25) is 11.8 Å². The molecular weight excluding hydrogens is 279 g/mol. The average molecular weight is 296 g/mol. The van der Waals surface area contributed by atoms with E-state index in [9.17, 15) is 14.0 Å². The van der Waals surface area contributed by atoms with Gasteiger partial charge in [-0.25, -0.2) is 4.39 Å². The Bertz CT molecular complexity index is 490. The minimum Gasteiger partial charge on any atom is -0.353 e. The lowest BCUT2D eigenvalue weighted by Gasteiger charge is -2.11. The molecule has 1 aromatic rings. The predicted octanol–water partition coefficient (Wildman–Crippen LogP) is 2.17. The standard InChI is InChI=1S/C14H17FN2O2S/c15-10-2-1-3-11(8-10)16-13(18)4-5-14(19)17-12-6-7-20-9-12/h1-3,8,12H,4-7,9H2,(H,16,18)(H,17,19)/t12-/m1/s1. The van der Waals surface area contributed by atoms with E-state index in [-0.39, 0.29) is 30.7 Å². The van der Waals surface area contributed by atoms with Gasteiger partial charge in [0.05, 0.1) is 0 Å². The zero-order valence-corrected chi connectivity index (χ0v) is 11.8. The molecule has 2 rings (SSSR count). The van der Waals surface area contributed by atoms with Gasteiger partial charge in [-0.3, -0.25) is 9.59 Å². The number of thioether (sulfide) groups is 1. The van der Waals surface area contributed by atoms with Crippen LogP contribution in [0.5, 0.6) is 0 Å². The zero-order valence-electron chi connectivity index (χ0n) is 11.0. The van der Waals surface area contributed by atoms with Crippen molar-refractivity contribution in [3.8, 4) is 0 Å². The fraction of sp³-hybridized carbons (Fsp3) is 0.429. The van der Waals surface area contributed by atoms with E-state index in [4.69, 9.17) is 0 Å². The number of halogens is 1. The van der Waals surface area contributed by atoms with Gasteiger partial charge in [-0.15, -0.1) is 0 Å². The summed E-state index contributed by atoms with van der Waals surface area (Å²) in [5, 5.41) is 5.48. The number of carbonyl (C=O) groups excluding carboxylic acids is 2. The highest BCUT2D eigenvalue weighted by Crippen LogP contribution is 2.17. The van der Waals surface area contributed by atoms with Crippen molar-refractivity contribution in [2.45, 2.75) is 25.3 Å². The predicted molar refractivity (Wildman–Crippen MR) is 78.1 cm³/mol. The maximum atomic E-state index is 12.9. The first kappa shape index (κ1) is 14.8. The van der Waals surface area contributed by atoms with E-state index in [1.165, 1.54) is 18.2 Å². The molecule has 1 aliphatic heterocycles. The van der Waals surface area contributed by atoms with Gasteiger partial charge in [-0.05, 0) is 30.4 Å². The molecular formula is C14H17FN2O2S. The smallest absolute Gasteiger partial charge is 0.224 e. The Morgan fingerprint density at radius 2 is 2.10 bits per heavy atom. The quantitative estimate of drug-likeness (QED) is 0.875. The van der Waals surface area contributed by atoms with Crippen molar-refractivity contribution in [1.29, 1.82) is 0 Å². The second-order valence-electron chi connectivity index (χ2n) is 4.69. The molecule has 1 fully saturated rings. The first-order chi connectivity index (χ1) is 9.63. The molecule has 6 heteroatoms. The Morgan fingerprint density at radius 3 is 2.80 bits per heavy atom. The summed E-state index contributed by atoms with van der Waals surface area (Å²) in [5.74, 6) is 1.23. The van der Waals surface area contributed by atoms with E-state index < -0.39 is 5.82 Å². The van der Waals surface area contributed by atoms with Crippen LogP contribution in [0.1, 0.15) is 19.3 Å². The number of rotatable bonds is 5. The van der Waals surface area contributed by atoms with Crippen LogP contribution >= 0.6 is 11.8 Å². The Morgan fingerprint density at radius 1 is 1.30 bits per heavy atom. The lowest BCUT2D eigenvalue weighted by atomic mass is 10.2. The first-order valence-corrected chi connectivity index (χ1v) is 7.71. The molecule has 20 heavy (non-hydrogen) atoms. The van der Waals surface area contributed by atoms with Gasteiger partial charge >= 0.3 is 0 Å². The fourth-order valence-corrected chi connectivity index (χ4v) is 3.12. The summed E-state index contributed by atoms with van der Waals surface area (Å²) in [6.45, 7) is 0. The molecule has 0 bridgehead atoms. The van der Waals surface area contributed by atoms with Gasteiger partial charge in [0.15, 0.2) is 0 Å². The highest BCUT2D eigenvalue weighted by atomic mass is 32.2. The lowest BCUT2D eigenvalue weighted by Crippen LogP contribution is -2.34. The van der Waals surface area contributed by atoms with Crippen molar-refractivity contribution >= 4 is 29.3 Å². The summed E-state index contributed by atoms with van der Waals surface area (Å²) in [5.41, 5.74) is 0.405. The molecule has 0 radical (unpaired) electrons. The summed E-state index contributed by atoms with van der Waals surface area (Å²) in [6, 6.07) is 5.92. The van der Waals surface area contributed by atoms with Gasteiger partial charge in [0.1, 0.15) is 5.82 Å². The third-order valence-electron chi connectivity index (χ3n) is 2.98. The van der Waals surface area contributed by atoms with Crippen LogP contribution in [-0.4, -0.2) is 29.4 Å². The summed E-state index contributed by atoms with van der Waals surface area (Å²) >= 11 is 1.82. The molecule has 4 nitrogen and oxygen atoms in total. The van der Waals surface area contributed by atoms with Crippen LogP contribution in [0.3, 0.4) is 0 Å².